The third-order valence-electron chi connectivity index (χ3n) is 3.72. The molecule has 4 aromatic rings. The number of pyridine rings is 1. The van der Waals surface area contributed by atoms with E-state index in [2.05, 4.69) is 43.1 Å². The predicted molar refractivity (Wildman–Crippen MR) is 84.1 cm³/mol. The smallest absolute Gasteiger partial charge is 0.137 e. The molecule has 0 unspecified atom stereocenters. The maximum Gasteiger partial charge on any atom is 0.137 e. The number of aryl methyl sites for hydroxylation is 1. The summed E-state index contributed by atoms with van der Waals surface area (Å²) in [6.07, 6.45) is 9.92. The van der Waals surface area contributed by atoms with Gasteiger partial charge in [0.15, 0.2) is 0 Å². The first-order valence-corrected chi connectivity index (χ1v) is 7.12. The Balaban J connectivity index is 1.89. The van der Waals surface area contributed by atoms with Crippen LogP contribution in [0.1, 0.15) is 12.6 Å². The number of aromatic amines is 2. The third-order valence-corrected chi connectivity index (χ3v) is 3.72. The largest absolute Gasteiger partial charge is 0.345 e. The van der Waals surface area contributed by atoms with Gasteiger partial charge in [-0.15, -0.1) is 0 Å². The summed E-state index contributed by atoms with van der Waals surface area (Å²) < 4.78 is 0. The molecule has 6 nitrogen and oxygen atoms in total. The summed E-state index contributed by atoms with van der Waals surface area (Å²) in [7, 11) is 0. The van der Waals surface area contributed by atoms with E-state index in [0.29, 0.717) is 0 Å². The zero-order valence-electron chi connectivity index (χ0n) is 12.0. The van der Waals surface area contributed by atoms with Gasteiger partial charge in [0.25, 0.3) is 0 Å². The van der Waals surface area contributed by atoms with Crippen LogP contribution >= 0.6 is 0 Å². The lowest BCUT2D eigenvalue weighted by atomic mass is 10.1. The summed E-state index contributed by atoms with van der Waals surface area (Å²) in [5.74, 6) is 0. The quantitative estimate of drug-likeness (QED) is 0.607. The average Bonchev–Trinajstić information content (AvgIpc) is 3.23. The maximum absolute atomic E-state index is 4.49. The van der Waals surface area contributed by atoms with E-state index >= 15 is 0 Å². The fourth-order valence-electron chi connectivity index (χ4n) is 2.52. The zero-order valence-corrected chi connectivity index (χ0v) is 12.0. The minimum Gasteiger partial charge on any atom is -0.345 e. The molecule has 0 spiro atoms. The molecule has 0 fully saturated rings. The molecule has 0 saturated carbocycles. The third kappa shape index (κ3) is 2.05. The topological polar surface area (TPSA) is 83.1 Å². The average molecular weight is 290 g/mol. The highest BCUT2D eigenvalue weighted by Gasteiger charge is 2.11. The monoisotopic (exact) mass is 290 g/mol. The van der Waals surface area contributed by atoms with E-state index in [0.717, 1.165) is 45.5 Å². The Bertz CT molecular complexity index is 923. The molecule has 0 saturated heterocycles. The summed E-state index contributed by atoms with van der Waals surface area (Å²) in [5.41, 5.74) is 5.84. The van der Waals surface area contributed by atoms with Gasteiger partial charge >= 0.3 is 0 Å². The molecule has 108 valence electrons. The normalized spacial score (nSPS) is 11.1. The summed E-state index contributed by atoms with van der Waals surface area (Å²) in [6.45, 7) is 2.08. The number of hydrogen-bond acceptors (Lipinski definition) is 4. The van der Waals surface area contributed by atoms with Crippen molar-refractivity contribution in [3.8, 4) is 22.4 Å². The van der Waals surface area contributed by atoms with E-state index in [9.17, 15) is 0 Å². The van der Waals surface area contributed by atoms with Crippen molar-refractivity contribution in [1.82, 2.24) is 30.1 Å². The molecular weight excluding hydrogens is 276 g/mol. The van der Waals surface area contributed by atoms with E-state index in [1.54, 1.807) is 12.5 Å². The number of H-pyrrole nitrogens is 2. The van der Waals surface area contributed by atoms with Crippen molar-refractivity contribution in [3.63, 3.8) is 0 Å². The lowest BCUT2D eigenvalue weighted by Crippen LogP contribution is -1.90. The van der Waals surface area contributed by atoms with Crippen LogP contribution in [0.3, 0.4) is 0 Å². The van der Waals surface area contributed by atoms with Gasteiger partial charge in [0, 0.05) is 46.4 Å². The molecule has 0 amide bonds. The molecule has 0 bridgehead atoms. The molecule has 4 heterocycles. The van der Waals surface area contributed by atoms with E-state index in [1.165, 1.54) is 0 Å². The van der Waals surface area contributed by atoms with Crippen molar-refractivity contribution in [1.29, 1.82) is 0 Å². The summed E-state index contributed by atoms with van der Waals surface area (Å²) in [4.78, 5) is 16.3. The highest BCUT2D eigenvalue weighted by molar-refractivity contribution is 5.94. The van der Waals surface area contributed by atoms with Gasteiger partial charge < -0.3 is 4.98 Å². The Morgan fingerprint density at radius 3 is 2.77 bits per heavy atom. The standard InChI is InChI=1S/C16H14N6/c1-2-12-4-15(20-9-19-12)14-8-18-16-13(14)3-10(5-17-16)11-6-21-22-7-11/h3-9H,2H2,1H3,(H,17,18)(H,21,22). The van der Waals surface area contributed by atoms with Crippen LogP contribution in [0.15, 0.2) is 43.2 Å². The second-order valence-corrected chi connectivity index (χ2v) is 5.06. The van der Waals surface area contributed by atoms with E-state index in [-0.39, 0.29) is 0 Å². The van der Waals surface area contributed by atoms with Crippen molar-refractivity contribution in [2.75, 3.05) is 0 Å². The Kier molecular flexibility index (Phi) is 2.93. The maximum atomic E-state index is 4.49. The first kappa shape index (κ1) is 12.7. The van der Waals surface area contributed by atoms with Gasteiger partial charge in [0.05, 0.1) is 11.9 Å². The van der Waals surface area contributed by atoms with Gasteiger partial charge in [0.2, 0.25) is 0 Å². The summed E-state index contributed by atoms with van der Waals surface area (Å²) in [5, 5.41) is 7.85. The van der Waals surface area contributed by atoms with E-state index in [1.807, 2.05) is 24.7 Å². The van der Waals surface area contributed by atoms with Crippen molar-refractivity contribution in [2.24, 2.45) is 0 Å². The zero-order chi connectivity index (χ0) is 14.9. The van der Waals surface area contributed by atoms with Crippen LogP contribution in [0, 0.1) is 0 Å². The Morgan fingerprint density at radius 2 is 1.95 bits per heavy atom. The highest BCUT2D eigenvalue weighted by Crippen LogP contribution is 2.29. The van der Waals surface area contributed by atoms with Crippen LogP contribution in [0.4, 0.5) is 0 Å². The van der Waals surface area contributed by atoms with Crippen LogP contribution in [0.2, 0.25) is 0 Å². The Morgan fingerprint density at radius 1 is 1.00 bits per heavy atom. The van der Waals surface area contributed by atoms with Crippen molar-refractivity contribution < 1.29 is 0 Å². The second-order valence-electron chi connectivity index (χ2n) is 5.06. The van der Waals surface area contributed by atoms with Crippen LogP contribution in [-0.2, 0) is 6.42 Å². The molecule has 0 radical (unpaired) electrons. The SMILES string of the molecule is CCc1cc(-c2c[nH]c3ncc(-c4cn[nH]c4)cc23)ncn1. The molecule has 2 N–H and O–H groups in total. The van der Waals surface area contributed by atoms with Gasteiger partial charge in [-0.3, -0.25) is 5.10 Å². The number of aromatic nitrogens is 6. The molecule has 22 heavy (non-hydrogen) atoms. The molecule has 0 atom stereocenters. The highest BCUT2D eigenvalue weighted by atomic mass is 15.1. The van der Waals surface area contributed by atoms with E-state index in [4.69, 9.17) is 0 Å². The molecular formula is C16H14N6. The minimum atomic E-state index is 0.846. The molecule has 4 aromatic heterocycles. The number of fused-ring (bicyclic) bond motifs is 1. The van der Waals surface area contributed by atoms with Crippen LogP contribution < -0.4 is 0 Å². The Labute approximate surface area is 126 Å². The lowest BCUT2D eigenvalue weighted by Gasteiger charge is -2.02. The molecule has 0 aliphatic carbocycles. The van der Waals surface area contributed by atoms with E-state index < -0.39 is 0 Å². The molecule has 4 rings (SSSR count). The van der Waals surface area contributed by atoms with Crippen LogP contribution in [0.5, 0.6) is 0 Å². The Hall–Kier alpha value is -3.02. The first-order valence-electron chi connectivity index (χ1n) is 7.12. The summed E-state index contributed by atoms with van der Waals surface area (Å²) in [6, 6.07) is 4.12. The minimum absolute atomic E-state index is 0.846. The number of rotatable bonds is 3. The van der Waals surface area contributed by atoms with Crippen LogP contribution in [0.25, 0.3) is 33.4 Å². The molecule has 0 aliphatic rings. The van der Waals surface area contributed by atoms with Gasteiger partial charge in [0.1, 0.15) is 12.0 Å². The van der Waals surface area contributed by atoms with Crippen LogP contribution in [-0.4, -0.2) is 30.1 Å². The predicted octanol–water partition coefficient (Wildman–Crippen LogP) is 2.97. The first-order chi connectivity index (χ1) is 10.8. The molecule has 6 heteroatoms. The molecule has 0 aliphatic heterocycles. The molecule has 0 aromatic carbocycles. The number of nitrogens with one attached hydrogen (secondary N) is 2. The summed E-state index contributed by atoms with van der Waals surface area (Å²) >= 11 is 0. The van der Waals surface area contributed by atoms with Gasteiger partial charge in [-0.05, 0) is 18.6 Å². The van der Waals surface area contributed by atoms with Gasteiger partial charge in [-0.25, -0.2) is 15.0 Å². The van der Waals surface area contributed by atoms with Crippen molar-refractivity contribution >= 4 is 11.0 Å². The lowest BCUT2D eigenvalue weighted by molar-refractivity contribution is 1.00. The van der Waals surface area contributed by atoms with Crippen molar-refractivity contribution in [2.45, 2.75) is 13.3 Å². The number of hydrogen-bond donors (Lipinski definition) is 2. The van der Waals surface area contributed by atoms with Gasteiger partial charge in [-0.2, -0.15) is 5.10 Å². The second kappa shape index (κ2) is 5.07. The fraction of sp³-hybridized carbons (Fsp3) is 0.125. The number of nitrogens with zero attached hydrogens (tertiary/aromatic N) is 4. The fourth-order valence-corrected chi connectivity index (χ4v) is 2.52. The van der Waals surface area contributed by atoms with Gasteiger partial charge in [-0.1, -0.05) is 6.92 Å². The van der Waals surface area contributed by atoms with Crippen molar-refractivity contribution in [3.05, 3.63) is 48.9 Å².